The number of H-pyrrole nitrogens is 1. The van der Waals surface area contributed by atoms with Gasteiger partial charge in [0.2, 0.25) is 11.8 Å². The van der Waals surface area contributed by atoms with Crippen molar-refractivity contribution in [2.24, 2.45) is 0 Å². The van der Waals surface area contributed by atoms with E-state index in [0.717, 1.165) is 12.8 Å². The predicted octanol–water partition coefficient (Wildman–Crippen LogP) is 3.88. The van der Waals surface area contributed by atoms with Gasteiger partial charge in [0.25, 0.3) is 5.91 Å². The highest BCUT2D eigenvalue weighted by molar-refractivity contribution is 5.93. The van der Waals surface area contributed by atoms with Crippen LogP contribution in [0.2, 0.25) is 0 Å². The third kappa shape index (κ3) is 3.49. The summed E-state index contributed by atoms with van der Waals surface area (Å²) in [5.74, 6) is 0.889. The molecule has 30 heavy (non-hydrogen) atoms. The van der Waals surface area contributed by atoms with Gasteiger partial charge < -0.3 is 13.7 Å². The lowest BCUT2D eigenvalue weighted by atomic mass is 9.98. The number of benzene rings is 1. The molecular formula is C21H18FN5O3. The molecule has 1 amide bonds. The molecule has 1 saturated heterocycles. The van der Waals surface area contributed by atoms with Gasteiger partial charge in [-0.3, -0.25) is 9.89 Å². The molecule has 0 bridgehead atoms. The second-order valence-electron chi connectivity index (χ2n) is 7.19. The first-order valence-corrected chi connectivity index (χ1v) is 9.65. The highest BCUT2D eigenvalue weighted by atomic mass is 19.1. The predicted molar refractivity (Wildman–Crippen MR) is 104 cm³/mol. The van der Waals surface area contributed by atoms with Gasteiger partial charge in [0.15, 0.2) is 11.5 Å². The Kier molecular flexibility index (Phi) is 4.62. The van der Waals surface area contributed by atoms with E-state index in [2.05, 4.69) is 20.4 Å². The Hall–Kier alpha value is -3.75. The minimum absolute atomic E-state index is 0.0621. The molecule has 4 heterocycles. The Morgan fingerprint density at radius 2 is 2.07 bits per heavy atom. The highest BCUT2D eigenvalue weighted by Gasteiger charge is 2.30. The van der Waals surface area contributed by atoms with Gasteiger partial charge in [0.1, 0.15) is 11.5 Å². The lowest BCUT2D eigenvalue weighted by molar-refractivity contribution is 0.0692. The second kappa shape index (κ2) is 7.58. The lowest BCUT2D eigenvalue weighted by Crippen LogP contribution is -2.39. The summed E-state index contributed by atoms with van der Waals surface area (Å²) in [6.07, 6.45) is 3.23. The molecule has 152 valence electrons. The largest absolute Gasteiger partial charge is 0.463 e. The number of furan rings is 1. The van der Waals surface area contributed by atoms with Gasteiger partial charge in [-0.1, -0.05) is 0 Å². The van der Waals surface area contributed by atoms with Crippen LogP contribution in [0, 0.1) is 5.82 Å². The van der Waals surface area contributed by atoms with E-state index >= 15 is 0 Å². The van der Waals surface area contributed by atoms with E-state index in [1.54, 1.807) is 41.5 Å². The van der Waals surface area contributed by atoms with Crippen LogP contribution in [-0.2, 0) is 0 Å². The molecule has 0 saturated carbocycles. The first kappa shape index (κ1) is 18.3. The Morgan fingerprint density at radius 3 is 2.87 bits per heavy atom. The number of carbonyl (C=O) groups is 1. The third-order valence-electron chi connectivity index (χ3n) is 5.17. The lowest BCUT2D eigenvalue weighted by Gasteiger charge is -2.30. The maximum atomic E-state index is 13.1. The van der Waals surface area contributed by atoms with Gasteiger partial charge >= 0.3 is 0 Å². The van der Waals surface area contributed by atoms with Gasteiger partial charge in [0.05, 0.1) is 12.2 Å². The van der Waals surface area contributed by atoms with Crippen LogP contribution in [0.3, 0.4) is 0 Å². The molecule has 0 spiro atoms. The molecule has 1 aliphatic heterocycles. The number of aromatic nitrogens is 4. The number of halogens is 1. The Balaban J connectivity index is 1.30. The van der Waals surface area contributed by atoms with Crippen molar-refractivity contribution in [2.75, 3.05) is 13.1 Å². The van der Waals surface area contributed by atoms with Gasteiger partial charge in [-0.2, -0.15) is 5.10 Å². The van der Waals surface area contributed by atoms with E-state index in [1.807, 2.05) is 0 Å². The first-order valence-electron chi connectivity index (χ1n) is 9.65. The molecule has 1 N–H and O–H groups in total. The number of amides is 1. The van der Waals surface area contributed by atoms with Crippen molar-refractivity contribution < 1.29 is 18.0 Å². The minimum atomic E-state index is -0.325. The van der Waals surface area contributed by atoms with Crippen LogP contribution >= 0.6 is 0 Å². The summed E-state index contributed by atoms with van der Waals surface area (Å²) in [5.41, 5.74) is 1.64. The fraction of sp³-hybridized carbons (Fsp3) is 0.238. The fourth-order valence-electron chi connectivity index (χ4n) is 3.62. The van der Waals surface area contributed by atoms with E-state index in [4.69, 9.17) is 8.83 Å². The van der Waals surface area contributed by atoms with Crippen molar-refractivity contribution in [1.82, 2.24) is 25.3 Å². The van der Waals surface area contributed by atoms with Crippen LogP contribution in [0.4, 0.5) is 4.39 Å². The topological polar surface area (TPSA) is 101 Å². The van der Waals surface area contributed by atoms with Gasteiger partial charge in [-0.15, -0.1) is 10.2 Å². The monoisotopic (exact) mass is 407 g/mol. The number of nitrogens with one attached hydrogen (secondary N) is 1. The zero-order valence-corrected chi connectivity index (χ0v) is 15.9. The molecule has 5 rings (SSSR count). The molecule has 3 aromatic heterocycles. The summed E-state index contributed by atoms with van der Waals surface area (Å²) in [6.45, 7) is 1.10. The number of likely N-dealkylation sites (tertiary alicyclic amines) is 1. The molecule has 0 radical (unpaired) electrons. The van der Waals surface area contributed by atoms with Gasteiger partial charge in [-0.25, -0.2) is 4.39 Å². The van der Waals surface area contributed by atoms with Crippen molar-refractivity contribution in [1.29, 1.82) is 0 Å². The van der Waals surface area contributed by atoms with Crippen LogP contribution in [0.25, 0.3) is 22.9 Å². The van der Waals surface area contributed by atoms with Crippen molar-refractivity contribution in [3.05, 3.63) is 66.1 Å². The quantitative estimate of drug-likeness (QED) is 0.551. The standard InChI is InChI=1S/C21H18FN5O3/c22-15-7-5-13(6-8-15)19-25-26-20(30-19)14-3-1-9-27(12-14)21(28)17-11-16(23-24-17)18-4-2-10-29-18/h2,4-8,10-11,14H,1,3,9,12H2,(H,23,24). The van der Waals surface area contributed by atoms with E-state index < -0.39 is 0 Å². The summed E-state index contributed by atoms with van der Waals surface area (Å²) in [7, 11) is 0. The summed E-state index contributed by atoms with van der Waals surface area (Å²) in [4.78, 5) is 14.7. The fourth-order valence-corrected chi connectivity index (χ4v) is 3.62. The number of hydrogen-bond donors (Lipinski definition) is 1. The molecule has 1 aromatic carbocycles. The zero-order chi connectivity index (χ0) is 20.5. The number of aromatic amines is 1. The maximum Gasteiger partial charge on any atom is 0.274 e. The van der Waals surface area contributed by atoms with E-state index in [0.29, 0.717) is 47.6 Å². The van der Waals surface area contributed by atoms with Crippen LogP contribution in [0.1, 0.15) is 35.1 Å². The summed E-state index contributed by atoms with van der Waals surface area (Å²) < 4.78 is 24.3. The van der Waals surface area contributed by atoms with Crippen molar-refractivity contribution >= 4 is 5.91 Å². The van der Waals surface area contributed by atoms with E-state index in [-0.39, 0.29) is 17.6 Å². The van der Waals surface area contributed by atoms with E-state index in [1.165, 1.54) is 12.1 Å². The molecule has 4 aromatic rings. The van der Waals surface area contributed by atoms with E-state index in [9.17, 15) is 9.18 Å². The maximum absolute atomic E-state index is 13.1. The molecule has 0 aliphatic carbocycles. The molecule has 1 aliphatic rings. The molecule has 9 heteroatoms. The summed E-state index contributed by atoms with van der Waals surface area (Å²) in [5, 5.41) is 15.2. The van der Waals surface area contributed by atoms with Crippen molar-refractivity contribution in [3.8, 4) is 22.9 Å². The number of rotatable bonds is 4. The smallest absolute Gasteiger partial charge is 0.274 e. The van der Waals surface area contributed by atoms with Crippen molar-refractivity contribution in [3.63, 3.8) is 0 Å². The number of piperidine rings is 1. The second-order valence-corrected chi connectivity index (χ2v) is 7.19. The number of carbonyl (C=O) groups excluding carboxylic acids is 1. The average molecular weight is 407 g/mol. The number of nitrogens with zero attached hydrogens (tertiary/aromatic N) is 4. The van der Waals surface area contributed by atoms with Crippen LogP contribution < -0.4 is 0 Å². The van der Waals surface area contributed by atoms with Gasteiger partial charge in [0, 0.05) is 24.7 Å². The summed E-state index contributed by atoms with van der Waals surface area (Å²) in [6, 6.07) is 11.1. The zero-order valence-electron chi connectivity index (χ0n) is 15.9. The Labute approximate surface area is 170 Å². The summed E-state index contributed by atoms with van der Waals surface area (Å²) >= 11 is 0. The van der Waals surface area contributed by atoms with Gasteiger partial charge in [-0.05, 0) is 49.2 Å². The van der Waals surface area contributed by atoms with Crippen LogP contribution in [-0.4, -0.2) is 44.3 Å². The van der Waals surface area contributed by atoms with Crippen LogP contribution in [0.5, 0.6) is 0 Å². The molecule has 1 fully saturated rings. The minimum Gasteiger partial charge on any atom is -0.463 e. The Bertz CT molecular complexity index is 1150. The van der Waals surface area contributed by atoms with Crippen LogP contribution in [0.15, 0.2) is 57.6 Å². The normalized spacial score (nSPS) is 16.7. The third-order valence-corrected chi connectivity index (χ3v) is 5.17. The number of hydrogen-bond acceptors (Lipinski definition) is 6. The molecule has 1 unspecified atom stereocenters. The molecule has 8 nitrogen and oxygen atoms in total. The Morgan fingerprint density at radius 1 is 1.20 bits per heavy atom. The average Bonchev–Trinajstić information content (AvgIpc) is 3.55. The SMILES string of the molecule is O=C(c1cc(-c2ccco2)[nH]n1)N1CCCC(c2nnc(-c3ccc(F)cc3)o2)C1. The first-order chi connectivity index (χ1) is 14.7. The molecule has 1 atom stereocenters. The highest BCUT2D eigenvalue weighted by Crippen LogP contribution is 2.29. The molecular weight excluding hydrogens is 389 g/mol. The van der Waals surface area contributed by atoms with Crippen molar-refractivity contribution in [2.45, 2.75) is 18.8 Å².